The van der Waals surface area contributed by atoms with Crippen LogP contribution in [0.5, 0.6) is 0 Å². The Bertz CT molecular complexity index is 659. The molecule has 0 saturated carbocycles. The molecular weight excluding hydrogens is 334 g/mol. The maximum absolute atomic E-state index is 12.4. The number of nitrogens with one attached hydrogen (secondary N) is 1. The van der Waals surface area contributed by atoms with Gasteiger partial charge in [0.15, 0.2) is 0 Å². The Morgan fingerprint density at radius 2 is 1.85 bits per heavy atom. The van der Waals surface area contributed by atoms with Crippen molar-refractivity contribution in [2.45, 2.75) is 38.8 Å². The Morgan fingerprint density at radius 3 is 2.38 bits per heavy atom. The number of urea groups is 1. The van der Waals surface area contributed by atoms with Crippen molar-refractivity contribution in [3.05, 3.63) is 35.9 Å². The molecule has 2 saturated heterocycles. The van der Waals surface area contributed by atoms with Crippen LogP contribution < -0.4 is 5.32 Å². The normalized spacial score (nSPS) is 21.7. The molecule has 26 heavy (non-hydrogen) atoms. The predicted molar refractivity (Wildman–Crippen MR) is 95.3 cm³/mol. The highest BCUT2D eigenvalue weighted by molar-refractivity contribution is 5.83. The van der Waals surface area contributed by atoms with Crippen molar-refractivity contribution in [1.82, 2.24) is 15.1 Å². The Hall–Kier alpha value is -2.57. The van der Waals surface area contributed by atoms with Crippen LogP contribution in [-0.2, 0) is 16.1 Å². The minimum atomic E-state index is -0.944. The Kier molecular flexibility index (Phi) is 5.15. The van der Waals surface area contributed by atoms with Gasteiger partial charge in [-0.05, 0) is 30.2 Å². The molecule has 0 aromatic heterocycles. The molecule has 0 unspecified atom stereocenters. The van der Waals surface area contributed by atoms with Crippen LogP contribution in [0.4, 0.5) is 4.79 Å². The fourth-order valence-corrected chi connectivity index (χ4v) is 4.04. The number of hydrogen-bond donors (Lipinski definition) is 2. The predicted octanol–water partition coefficient (Wildman–Crippen LogP) is 1.68. The summed E-state index contributed by atoms with van der Waals surface area (Å²) in [4.78, 5) is 38.9. The van der Waals surface area contributed by atoms with E-state index in [4.69, 9.17) is 0 Å². The van der Waals surface area contributed by atoms with Gasteiger partial charge in [0.05, 0.1) is 0 Å². The average Bonchev–Trinajstić information content (AvgIpc) is 3.01. The van der Waals surface area contributed by atoms with E-state index in [1.54, 1.807) is 4.90 Å². The van der Waals surface area contributed by atoms with E-state index < -0.39 is 12.0 Å². The zero-order valence-electron chi connectivity index (χ0n) is 15.0. The van der Waals surface area contributed by atoms with Crippen LogP contribution >= 0.6 is 0 Å². The van der Waals surface area contributed by atoms with Crippen LogP contribution in [0.15, 0.2) is 30.3 Å². The van der Waals surface area contributed by atoms with Crippen molar-refractivity contribution in [1.29, 1.82) is 0 Å². The highest BCUT2D eigenvalue weighted by Crippen LogP contribution is 2.43. The molecule has 1 aromatic carbocycles. The molecule has 3 rings (SSSR count). The number of piperidine rings is 1. The summed E-state index contributed by atoms with van der Waals surface area (Å²) in [5, 5.41) is 12.3. The van der Waals surface area contributed by atoms with Crippen LogP contribution in [0.2, 0.25) is 0 Å². The summed E-state index contributed by atoms with van der Waals surface area (Å²) >= 11 is 0. The first-order chi connectivity index (χ1) is 12.4. The van der Waals surface area contributed by atoms with Crippen LogP contribution in [0.25, 0.3) is 0 Å². The van der Waals surface area contributed by atoms with Gasteiger partial charge >= 0.3 is 12.0 Å². The number of rotatable bonds is 3. The Balaban J connectivity index is 1.54. The fraction of sp³-hybridized carbons (Fsp3) is 0.526. The first kappa shape index (κ1) is 18.2. The summed E-state index contributed by atoms with van der Waals surface area (Å²) in [5.41, 5.74) is 0.858. The Morgan fingerprint density at radius 1 is 1.19 bits per heavy atom. The molecule has 140 valence electrons. The smallest absolute Gasteiger partial charge is 0.326 e. The van der Waals surface area contributed by atoms with E-state index in [9.17, 15) is 19.5 Å². The number of benzene rings is 1. The van der Waals surface area contributed by atoms with Crippen LogP contribution in [0.3, 0.4) is 0 Å². The summed E-state index contributed by atoms with van der Waals surface area (Å²) in [6, 6.07) is 8.90. The minimum absolute atomic E-state index is 0.0973. The summed E-state index contributed by atoms with van der Waals surface area (Å²) in [5.74, 6) is -1.14. The topological polar surface area (TPSA) is 90.0 Å². The van der Waals surface area contributed by atoms with Gasteiger partial charge < -0.3 is 20.2 Å². The maximum Gasteiger partial charge on any atom is 0.326 e. The highest BCUT2D eigenvalue weighted by Gasteiger charge is 2.49. The molecule has 3 amide bonds. The van der Waals surface area contributed by atoms with Gasteiger partial charge in [0.25, 0.3) is 0 Å². The second-order valence-corrected chi connectivity index (χ2v) is 7.34. The van der Waals surface area contributed by atoms with Crippen molar-refractivity contribution >= 4 is 17.9 Å². The van der Waals surface area contributed by atoms with E-state index in [1.807, 2.05) is 30.3 Å². The molecule has 7 heteroatoms. The van der Waals surface area contributed by atoms with Crippen molar-refractivity contribution in [3.8, 4) is 0 Å². The number of amides is 3. The molecule has 2 N–H and O–H groups in total. The van der Waals surface area contributed by atoms with Crippen molar-refractivity contribution in [3.63, 3.8) is 0 Å². The highest BCUT2D eigenvalue weighted by atomic mass is 16.4. The van der Waals surface area contributed by atoms with Gasteiger partial charge in [-0.25, -0.2) is 9.59 Å². The van der Waals surface area contributed by atoms with Gasteiger partial charge in [-0.3, -0.25) is 4.79 Å². The van der Waals surface area contributed by atoms with E-state index in [-0.39, 0.29) is 17.4 Å². The lowest BCUT2D eigenvalue weighted by Gasteiger charge is -2.39. The number of nitrogens with zero attached hydrogens (tertiary/aromatic N) is 2. The number of carbonyl (C=O) groups is 3. The number of aliphatic carboxylic acids is 1. The molecule has 0 aliphatic carbocycles. The van der Waals surface area contributed by atoms with E-state index in [0.717, 1.165) is 18.4 Å². The molecule has 1 spiro atoms. The summed E-state index contributed by atoms with van der Waals surface area (Å²) < 4.78 is 0. The van der Waals surface area contributed by atoms with Gasteiger partial charge in [0.2, 0.25) is 5.91 Å². The van der Waals surface area contributed by atoms with Crippen LogP contribution in [0.1, 0.15) is 31.7 Å². The van der Waals surface area contributed by atoms with Crippen molar-refractivity contribution in [2.24, 2.45) is 5.41 Å². The standard InChI is InChI=1S/C19H25N3O4/c1-14(23)22-13-19(11-16(22)17(24)25)7-9-21(10-8-19)18(26)20-12-15-5-3-2-4-6-15/h2-6,16H,7-13H2,1H3,(H,20,26)(H,24,25)/t16-/m0/s1. The third-order valence-corrected chi connectivity index (χ3v) is 5.60. The van der Waals surface area contributed by atoms with Gasteiger partial charge in [-0.15, -0.1) is 0 Å². The minimum Gasteiger partial charge on any atom is -0.480 e. The van der Waals surface area contributed by atoms with Gasteiger partial charge in [0, 0.05) is 33.1 Å². The average molecular weight is 359 g/mol. The summed E-state index contributed by atoms with van der Waals surface area (Å²) in [6.07, 6.45) is 1.92. The molecule has 1 atom stereocenters. The van der Waals surface area contributed by atoms with Crippen molar-refractivity contribution < 1.29 is 19.5 Å². The lowest BCUT2D eigenvalue weighted by atomic mass is 9.76. The van der Waals surface area contributed by atoms with E-state index in [0.29, 0.717) is 32.6 Å². The number of carboxylic acids is 1. The summed E-state index contributed by atoms with van der Waals surface area (Å²) in [7, 11) is 0. The van der Waals surface area contributed by atoms with E-state index in [2.05, 4.69) is 5.32 Å². The van der Waals surface area contributed by atoms with Gasteiger partial charge in [0.1, 0.15) is 6.04 Å². The number of carboxylic acid groups (broad SMARTS) is 1. The summed E-state index contributed by atoms with van der Waals surface area (Å²) in [6.45, 7) is 3.54. The third kappa shape index (κ3) is 3.81. The lowest BCUT2D eigenvalue weighted by Crippen LogP contribution is -2.48. The fourth-order valence-electron chi connectivity index (χ4n) is 4.04. The first-order valence-corrected chi connectivity index (χ1v) is 8.97. The second-order valence-electron chi connectivity index (χ2n) is 7.34. The van der Waals surface area contributed by atoms with Crippen LogP contribution in [0, 0.1) is 5.41 Å². The van der Waals surface area contributed by atoms with E-state index in [1.165, 1.54) is 11.8 Å². The third-order valence-electron chi connectivity index (χ3n) is 5.60. The number of hydrogen-bond acceptors (Lipinski definition) is 3. The zero-order valence-corrected chi connectivity index (χ0v) is 15.0. The maximum atomic E-state index is 12.4. The quantitative estimate of drug-likeness (QED) is 0.859. The van der Waals surface area contributed by atoms with E-state index >= 15 is 0 Å². The molecule has 7 nitrogen and oxygen atoms in total. The molecule has 2 heterocycles. The molecule has 2 fully saturated rings. The molecular formula is C19H25N3O4. The van der Waals surface area contributed by atoms with Gasteiger partial charge in [-0.1, -0.05) is 30.3 Å². The molecule has 1 aromatic rings. The number of carbonyl (C=O) groups excluding carboxylic acids is 2. The van der Waals surface area contributed by atoms with Crippen LogP contribution in [-0.4, -0.2) is 58.5 Å². The SMILES string of the molecule is CC(=O)N1CC2(CCN(C(=O)NCc3ccccc3)CC2)C[C@H]1C(=O)O. The second kappa shape index (κ2) is 7.35. The Labute approximate surface area is 153 Å². The largest absolute Gasteiger partial charge is 0.480 e. The number of likely N-dealkylation sites (tertiary alicyclic amines) is 2. The zero-order chi connectivity index (χ0) is 18.7. The lowest BCUT2D eigenvalue weighted by molar-refractivity contribution is -0.147. The first-order valence-electron chi connectivity index (χ1n) is 8.97. The molecule has 0 radical (unpaired) electrons. The monoisotopic (exact) mass is 359 g/mol. The molecule has 2 aliphatic heterocycles. The molecule has 2 aliphatic rings. The van der Waals surface area contributed by atoms with Crippen molar-refractivity contribution in [2.75, 3.05) is 19.6 Å². The molecule has 0 bridgehead atoms. The van der Waals surface area contributed by atoms with Gasteiger partial charge in [-0.2, -0.15) is 0 Å².